The molecule has 1 heterocycles. The second-order valence-electron chi connectivity index (χ2n) is 3.65. The minimum absolute atomic E-state index is 0.711. The Labute approximate surface area is 109 Å². The van der Waals surface area contributed by atoms with Gasteiger partial charge in [0.25, 0.3) is 0 Å². The summed E-state index contributed by atoms with van der Waals surface area (Å²) in [5.74, 6) is 1.45. The Morgan fingerprint density at radius 3 is 2.71 bits per heavy atom. The van der Waals surface area contributed by atoms with Crippen LogP contribution in [0.4, 0.5) is 17.3 Å². The SMILES string of the molecule is CNc1cncc(Nc2cc(C)ccc2Br)n1. The number of nitrogens with one attached hydrogen (secondary N) is 2. The summed E-state index contributed by atoms with van der Waals surface area (Å²) in [5, 5.41) is 6.18. The van der Waals surface area contributed by atoms with E-state index >= 15 is 0 Å². The molecule has 1 aromatic carbocycles. The average Bonchev–Trinajstić information content (AvgIpc) is 2.34. The number of hydrogen-bond donors (Lipinski definition) is 2. The van der Waals surface area contributed by atoms with Gasteiger partial charge in [0.1, 0.15) is 5.82 Å². The zero-order chi connectivity index (χ0) is 12.3. The van der Waals surface area contributed by atoms with E-state index in [2.05, 4.69) is 42.6 Å². The fourth-order valence-corrected chi connectivity index (χ4v) is 1.77. The molecule has 0 aliphatic rings. The fourth-order valence-electron chi connectivity index (χ4n) is 1.42. The highest BCUT2D eigenvalue weighted by Crippen LogP contribution is 2.26. The quantitative estimate of drug-likeness (QED) is 0.911. The van der Waals surface area contributed by atoms with Crippen LogP contribution in [0.5, 0.6) is 0 Å². The van der Waals surface area contributed by atoms with Crippen molar-refractivity contribution in [2.24, 2.45) is 0 Å². The minimum atomic E-state index is 0.711. The van der Waals surface area contributed by atoms with Gasteiger partial charge in [-0.25, -0.2) is 4.98 Å². The van der Waals surface area contributed by atoms with Crippen molar-refractivity contribution in [2.45, 2.75) is 6.92 Å². The molecule has 0 aliphatic heterocycles. The average molecular weight is 293 g/mol. The number of benzene rings is 1. The molecule has 0 unspecified atom stereocenters. The normalized spacial score (nSPS) is 10.1. The Bertz CT molecular complexity index is 528. The molecule has 0 radical (unpaired) electrons. The number of hydrogen-bond acceptors (Lipinski definition) is 4. The van der Waals surface area contributed by atoms with Crippen LogP contribution >= 0.6 is 15.9 Å². The molecule has 0 fully saturated rings. The van der Waals surface area contributed by atoms with E-state index in [4.69, 9.17) is 0 Å². The van der Waals surface area contributed by atoms with Crippen molar-refractivity contribution in [3.05, 3.63) is 40.6 Å². The topological polar surface area (TPSA) is 49.8 Å². The van der Waals surface area contributed by atoms with E-state index in [0.717, 1.165) is 16.0 Å². The summed E-state index contributed by atoms with van der Waals surface area (Å²) in [7, 11) is 1.82. The van der Waals surface area contributed by atoms with Gasteiger partial charge in [-0.1, -0.05) is 6.07 Å². The Balaban J connectivity index is 2.27. The van der Waals surface area contributed by atoms with Crippen molar-refractivity contribution in [1.29, 1.82) is 0 Å². The van der Waals surface area contributed by atoms with E-state index in [1.165, 1.54) is 5.56 Å². The molecule has 5 heteroatoms. The molecule has 4 nitrogen and oxygen atoms in total. The Kier molecular flexibility index (Phi) is 3.58. The van der Waals surface area contributed by atoms with Crippen molar-refractivity contribution in [3.8, 4) is 0 Å². The Hall–Kier alpha value is -1.62. The molecule has 0 saturated heterocycles. The maximum absolute atomic E-state index is 4.35. The van der Waals surface area contributed by atoms with Gasteiger partial charge in [0, 0.05) is 11.5 Å². The van der Waals surface area contributed by atoms with Gasteiger partial charge in [-0.05, 0) is 40.5 Å². The second-order valence-corrected chi connectivity index (χ2v) is 4.50. The first-order chi connectivity index (χ1) is 8.19. The van der Waals surface area contributed by atoms with Crippen molar-refractivity contribution in [3.63, 3.8) is 0 Å². The summed E-state index contributed by atoms with van der Waals surface area (Å²) in [6.45, 7) is 2.05. The highest BCUT2D eigenvalue weighted by Gasteiger charge is 2.02. The summed E-state index contributed by atoms with van der Waals surface area (Å²) >= 11 is 3.50. The number of rotatable bonds is 3. The molecular weight excluding hydrogens is 280 g/mol. The number of anilines is 3. The van der Waals surface area contributed by atoms with Gasteiger partial charge in [0.15, 0.2) is 5.82 Å². The van der Waals surface area contributed by atoms with Crippen LogP contribution in [0.3, 0.4) is 0 Å². The third kappa shape index (κ3) is 2.94. The van der Waals surface area contributed by atoms with Crippen molar-refractivity contribution in [1.82, 2.24) is 9.97 Å². The van der Waals surface area contributed by atoms with E-state index in [0.29, 0.717) is 5.82 Å². The molecule has 2 rings (SSSR count). The third-order valence-corrected chi connectivity index (χ3v) is 2.97. The van der Waals surface area contributed by atoms with Crippen LogP contribution in [-0.4, -0.2) is 17.0 Å². The predicted molar refractivity (Wildman–Crippen MR) is 73.7 cm³/mol. The van der Waals surface area contributed by atoms with Gasteiger partial charge in [0.2, 0.25) is 0 Å². The third-order valence-electron chi connectivity index (χ3n) is 2.28. The molecule has 0 spiro atoms. The van der Waals surface area contributed by atoms with Gasteiger partial charge in [-0.2, -0.15) is 0 Å². The van der Waals surface area contributed by atoms with Crippen LogP contribution in [0.25, 0.3) is 0 Å². The van der Waals surface area contributed by atoms with Crippen LogP contribution in [0.2, 0.25) is 0 Å². The first-order valence-corrected chi connectivity index (χ1v) is 6.01. The molecule has 0 aliphatic carbocycles. The highest BCUT2D eigenvalue weighted by atomic mass is 79.9. The fraction of sp³-hybridized carbons (Fsp3) is 0.167. The molecule has 88 valence electrons. The summed E-state index contributed by atoms with van der Waals surface area (Å²) in [6, 6.07) is 6.11. The van der Waals surface area contributed by atoms with Crippen LogP contribution in [-0.2, 0) is 0 Å². The number of halogens is 1. The van der Waals surface area contributed by atoms with Crippen LogP contribution < -0.4 is 10.6 Å². The molecule has 1 aromatic heterocycles. The Morgan fingerprint density at radius 2 is 1.94 bits per heavy atom. The lowest BCUT2D eigenvalue weighted by molar-refractivity contribution is 1.18. The van der Waals surface area contributed by atoms with E-state index < -0.39 is 0 Å². The molecule has 0 bridgehead atoms. The molecular formula is C12H13BrN4. The van der Waals surface area contributed by atoms with Gasteiger partial charge >= 0.3 is 0 Å². The number of nitrogens with zero attached hydrogens (tertiary/aromatic N) is 2. The standard InChI is InChI=1S/C12H13BrN4/c1-8-3-4-9(13)10(5-8)16-12-7-15-6-11(14-2)17-12/h3-7H,1-2H3,(H2,14,16,17). The summed E-state index contributed by atoms with van der Waals surface area (Å²) in [4.78, 5) is 8.45. The maximum atomic E-state index is 4.35. The van der Waals surface area contributed by atoms with Gasteiger partial charge < -0.3 is 10.6 Å². The van der Waals surface area contributed by atoms with Crippen LogP contribution in [0.15, 0.2) is 35.1 Å². The first-order valence-electron chi connectivity index (χ1n) is 5.22. The second kappa shape index (κ2) is 5.14. The molecule has 0 amide bonds. The lowest BCUT2D eigenvalue weighted by atomic mass is 10.2. The van der Waals surface area contributed by atoms with Crippen molar-refractivity contribution < 1.29 is 0 Å². The monoisotopic (exact) mass is 292 g/mol. The lowest BCUT2D eigenvalue weighted by Crippen LogP contribution is -1.99. The lowest BCUT2D eigenvalue weighted by Gasteiger charge is -2.09. The van der Waals surface area contributed by atoms with E-state index in [1.54, 1.807) is 12.4 Å². The van der Waals surface area contributed by atoms with Gasteiger partial charge in [-0.3, -0.25) is 4.98 Å². The highest BCUT2D eigenvalue weighted by molar-refractivity contribution is 9.10. The molecule has 17 heavy (non-hydrogen) atoms. The molecule has 0 saturated carbocycles. The summed E-state index contributed by atoms with van der Waals surface area (Å²) < 4.78 is 1.000. The van der Waals surface area contributed by atoms with Crippen molar-refractivity contribution >= 4 is 33.3 Å². The molecule has 2 N–H and O–H groups in total. The largest absolute Gasteiger partial charge is 0.372 e. The first kappa shape index (κ1) is 11.9. The van der Waals surface area contributed by atoms with Crippen LogP contribution in [0, 0.1) is 6.92 Å². The maximum Gasteiger partial charge on any atom is 0.151 e. The smallest absolute Gasteiger partial charge is 0.151 e. The Morgan fingerprint density at radius 1 is 1.18 bits per heavy atom. The summed E-state index contributed by atoms with van der Waals surface area (Å²) in [5.41, 5.74) is 2.17. The van der Waals surface area contributed by atoms with Crippen molar-refractivity contribution in [2.75, 3.05) is 17.7 Å². The molecule has 0 atom stereocenters. The zero-order valence-electron chi connectivity index (χ0n) is 9.66. The predicted octanol–water partition coefficient (Wildman–Crippen LogP) is 3.33. The number of aryl methyl sites for hydroxylation is 1. The zero-order valence-corrected chi connectivity index (χ0v) is 11.2. The van der Waals surface area contributed by atoms with E-state index in [-0.39, 0.29) is 0 Å². The van der Waals surface area contributed by atoms with E-state index in [9.17, 15) is 0 Å². The number of aromatic nitrogens is 2. The van der Waals surface area contributed by atoms with E-state index in [1.807, 2.05) is 26.1 Å². The van der Waals surface area contributed by atoms with Crippen LogP contribution in [0.1, 0.15) is 5.56 Å². The van der Waals surface area contributed by atoms with Gasteiger partial charge in [-0.15, -0.1) is 0 Å². The van der Waals surface area contributed by atoms with Gasteiger partial charge in [0.05, 0.1) is 18.1 Å². The minimum Gasteiger partial charge on any atom is -0.372 e. The summed E-state index contributed by atoms with van der Waals surface area (Å²) in [6.07, 6.45) is 3.37. The molecule has 2 aromatic rings.